The van der Waals surface area contributed by atoms with Gasteiger partial charge in [-0.3, -0.25) is 5.73 Å². The number of benzene rings is 1. The molecule has 0 spiro atoms. The average molecular weight is 496 g/mol. The third-order valence-corrected chi connectivity index (χ3v) is 5.41. The molecule has 11 heteroatoms. The maximum Gasteiger partial charge on any atom is 0.388 e. The Morgan fingerprint density at radius 1 is 1.23 bits per heavy atom. The van der Waals surface area contributed by atoms with Crippen LogP contribution in [0.15, 0.2) is 22.8 Å². The van der Waals surface area contributed by atoms with Crippen LogP contribution in [-0.4, -0.2) is 30.6 Å². The number of hydrogen-bond donors (Lipinski definition) is 2. The molecule has 5 N–H and O–H groups in total. The Labute approximate surface area is 187 Å². The lowest BCUT2D eigenvalue weighted by molar-refractivity contribution is -0.364. The first-order valence-electron chi connectivity index (χ1n) is 9.53. The van der Waals surface area contributed by atoms with Gasteiger partial charge in [0.25, 0.3) is 0 Å². The molecule has 0 bridgehead atoms. The van der Waals surface area contributed by atoms with E-state index in [4.69, 9.17) is 20.9 Å². The summed E-state index contributed by atoms with van der Waals surface area (Å²) in [6.45, 7) is 0.222. The number of halogens is 1. The highest BCUT2D eigenvalue weighted by Gasteiger charge is 2.15. The summed E-state index contributed by atoms with van der Waals surface area (Å²) in [5, 5.41) is 21.7. The Morgan fingerprint density at radius 3 is 2.55 bits per heavy atom. The summed E-state index contributed by atoms with van der Waals surface area (Å²) >= 11 is 3.44. The topological polar surface area (TPSA) is 178 Å². The smallest absolute Gasteiger partial charge is 0.388 e. The van der Waals surface area contributed by atoms with Gasteiger partial charge in [-0.2, -0.15) is 0 Å². The molecule has 0 fully saturated rings. The van der Waals surface area contributed by atoms with Crippen molar-refractivity contribution in [3.8, 4) is 11.5 Å². The predicted octanol–water partition coefficient (Wildman–Crippen LogP) is -0.523. The largest absolute Gasteiger partial charge is 0.550 e. The third kappa shape index (κ3) is 7.28. The van der Waals surface area contributed by atoms with E-state index in [9.17, 15) is 19.8 Å². The van der Waals surface area contributed by atoms with Gasteiger partial charge in [0.05, 0.1) is 19.9 Å². The highest BCUT2D eigenvalue weighted by molar-refractivity contribution is 9.10. The molecular formula is C20H24BrN4O6-. The number of carbonyl (C=O) groups is 2. The van der Waals surface area contributed by atoms with Crippen molar-refractivity contribution in [1.82, 2.24) is 4.98 Å². The van der Waals surface area contributed by atoms with E-state index in [1.54, 1.807) is 6.20 Å². The van der Waals surface area contributed by atoms with Crippen LogP contribution in [0, 0.1) is 5.92 Å². The Bertz CT molecular complexity index is 940. The zero-order valence-electron chi connectivity index (χ0n) is 17.0. The van der Waals surface area contributed by atoms with E-state index in [0.29, 0.717) is 34.6 Å². The molecule has 0 aliphatic carbocycles. The number of aromatic nitrogens is 2. The predicted molar refractivity (Wildman–Crippen MR) is 111 cm³/mol. The Hall–Kier alpha value is -3.08. The van der Waals surface area contributed by atoms with Gasteiger partial charge in [-0.25, -0.2) is 4.98 Å². The highest BCUT2D eigenvalue weighted by Crippen LogP contribution is 2.37. The molecule has 168 valence electrons. The van der Waals surface area contributed by atoms with Crippen LogP contribution in [-0.2, 0) is 16.0 Å². The van der Waals surface area contributed by atoms with E-state index in [2.05, 4.69) is 25.9 Å². The van der Waals surface area contributed by atoms with E-state index in [0.717, 1.165) is 11.1 Å². The van der Waals surface area contributed by atoms with Crippen molar-refractivity contribution in [1.29, 1.82) is 0 Å². The number of nitrogen functional groups attached to an aromatic ring is 2. The lowest BCUT2D eigenvalue weighted by Gasteiger charge is -2.19. The van der Waals surface area contributed by atoms with Gasteiger partial charge < -0.3 is 35.0 Å². The zero-order valence-corrected chi connectivity index (χ0v) is 18.6. The Balaban J connectivity index is 2.05. The molecular weight excluding hydrogens is 472 g/mol. The lowest BCUT2D eigenvalue weighted by atomic mass is 9.98. The lowest BCUT2D eigenvalue weighted by Crippen LogP contribution is -2.33. The normalized spacial score (nSPS) is 11.7. The van der Waals surface area contributed by atoms with Crippen molar-refractivity contribution in [3.05, 3.63) is 33.9 Å². The van der Waals surface area contributed by atoms with Crippen LogP contribution in [0.5, 0.6) is 11.5 Å². The minimum Gasteiger partial charge on any atom is -0.550 e. The van der Waals surface area contributed by atoms with E-state index in [1.807, 2.05) is 12.1 Å². The van der Waals surface area contributed by atoms with Crippen LogP contribution in [0.4, 0.5) is 11.8 Å². The summed E-state index contributed by atoms with van der Waals surface area (Å²) in [7, 11) is 1.53. The number of rotatable bonds is 12. The molecule has 0 radical (unpaired) electrons. The average Bonchev–Trinajstić information content (AvgIpc) is 2.70. The maximum atomic E-state index is 11.2. The molecule has 1 aromatic carbocycles. The SMILES string of the molecule is COc1cc(Cc2c[nH+]c(N)nc2N)cc(OCCCC(CCC(=O)[O-])C(=O)[O-])c1Br. The number of carbonyl (C=O) groups excluding carboxylic acids is 2. The minimum absolute atomic E-state index is 0.0360. The first-order valence-corrected chi connectivity index (χ1v) is 10.3. The van der Waals surface area contributed by atoms with Crippen LogP contribution >= 0.6 is 15.9 Å². The quantitative estimate of drug-likeness (QED) is 0.366. The second-order valence-electron chi connectivity index (χ2n) is 6.90. The molecule has 1 heterocycles. The second-order valence-corrected chi connectivity index (χ2v) is 7.69. The van der Waals surface area contributed by atoms with Crippen LogP contribution in [0.2, 0.25) is 0 Å². The van der Waals surface area contributed by atoms with E-state index in [1.165, 1.54) is 7.11 Å². The molecule has 1 atom stereocenters. The van der Waals surface area contributed by atoms with Crippen molar-refractivity contribution >= 4 is 39.6 Å². The number of nitrogens with two attached hydrogens (primary N) is 2. The molecule has 0 saturated heterocycles. The van der Waals surface area contributed by atoms with Crippen molar-refractivity contribution in [2.75, 3.05) is 25.2 Å². The zero-order chi connectivity index (χ0) is 23.0. The summed E-state index contributed by atoms with van der Waals surface area (Å²) in [5.41, 5.74) is 13.1. The number of anilines is 2. The van der Waals surface area contributed by atoms with Gasteiger partial charge in [-0.15, -0.1) is 0 Å². The van der Waals surface area contributed by atoms with Gasteiger partial charge in [-0.1, -0.05) is 4.98 Å². The molecule has 0 amide bonds. The first-order chi connectivity index (χ1) is 14.7. The molecule has 2 aromatic rings. The van der Waals surface area contributed by atoms with Gasteiger partial charge in [0.1, 0.15) is 16.0 Å². The Morgan fingerprint density at radius 2 is 1.94 bits per heavy atom. The third-order valence-electron chi connectivity index (χ3n) is 4.63. The summed E-state index contributed by atoms with van der Waals surface area (Å²) in [6, 6.07) is 3.65. The molecule has 2 rings (SSSR count). The fraction of sp³-hybridized carbons (Fsp3) is 0.400. The van der Waals surface area contributed by atoms with E-state index >= 15 is 0 Å². The number of aliphatic carboxylic acids is 2. The molecule has 31 heavy (non-hydrogen) atoms. The molecule has 0 saturated carbocycles. The van der Waals surface area contributed by atoms with Crippen molar-refractivity contribution in [2.45, 2.75) is 32.1 Å². The van der Waals surface area contributed by atoms with Crippen LogP contribution in [0.1, 0.15) is 36.8 Å². The monoisotopic (exact) mass is 495 g/mol. The van der Waals surface area contributed by atoms with Gasteiger partial charge in [0, 0.05) is 23.9 Å². The number of nitrogens with zero attached hydrogens (tertiary/aromatic N) is 1. The Kier molecular flexibility index (Phi) is 8.86. The fourth-order valence-corrected chi connectivity index (χ4v) is 3.50. The van der Waals surface area contributed by atoms with Gasteiger partial charge in [-0.05, 0) is 65.2 Å². The van der Waals surface area contributed by atoms with Gasteiger partial charge in [0.15, 0.2) is 0 Å². The summed E-state index contributed by atoms with van der Waals surface area (Å²) in [6.07, 6.45) is 2.39. The first kappa shape index (κ1) is 24.2. The number of carboxylic acid groups (broad SMARTS) is 2. The van der Waals surface area contributed by atoms with Gasteiger partial charge >= 0.3 is 5.95 Å². The van der Waals surface area contributed by atoms with Crippen LogP contribution < -0.4 is 36.1 Å². The molecule has 10 nitrogen and oxygen atoms in total. The summed E-state index contributed by atoms with van der Waals surface area (Å²) in [5.74, 6) is -1.84. The summed E-state index contributed by atoms with van der Waals surface area (Å²) in [4.78, 5) is 28.5. The van der Waals surface area contributed by atoms with Crippen LogP contribution in [0.25, 0.3) is 0 Å². The van der Waals surface area contributed by atoms with Crippen molar-refractivity contribution < 1.29 is 34.3 Å². The van der Waals surface area contributed by atoms with Crippen LogP contribution in [0.3, 0.4) is 0 Å². The molecule has 1 unspecified atom stereocenters. The number of hydrogen-bond acceptors (Lipinski definition) is 9. The van der Waals surface area contributed by atoms with E-state index < -0.39 is 17.9 Å². The number of H-pyrrole nitrogens is 1. The second kappa shape index (κ2) is 11.3. The van der Waals surface area contributed by atoms with E-state index in [-0.39, 0.29) is 31.8 Å². The number of methoxy groups -OCH3 is 1. The number of nitrogens with one attached hydrogen (secondary N) is 1. The minimum atomic E-state index is -1.29. The fourth-order valence-electron chi connectivity index (χ4n) is 3.00. The maximum absolute atomic E-state index is 11.2. The number of carboxylic acids is 2. The highest BCUT2D eigenvalue weighted by atomic mass is 79.9. The summed E-state index contributed by atoms with van der Waals surface area (Å²) < 4.78 is 11.8. The standard InChI is InChI=1S/C20H25BrN4O6/c1-30-14-8-11(7-13-10-24-20(23)25-18(13)22)9-15(17(14)21)31-6-2-3-12(19(28)29)4-5-16(26)27/h8-10,12H,2-7H2,1H3,(H,26,27)(H,28,29)(H4,22,23,24,25)/p-1. The molecule has 1 aromatic heterocycles. The van der Waals surface area contributed by atoms with Gasteiger partial charge in [0.2, 0.25) is 5.82 Å². The molecule has 0 aliphatic rings. The molecule has 0 aliphatic heterocycles. The van der Waals surface area contributed by atoms with Crippen molar-refractivity contribution in [3.63, 3.8) is 0 Å². The van der Waals surface area contributed by atoms with Crippen molar-refractivity contribution in [2.24, 2.45) is 5.92 Å². The number of ether oxygens (including phenoxy) is 2. The number of aromatic amines is 1.